The number of amides is 1. The highest BCUT2D eigenvalue weighted by molar-refractivity contribution is 7.90. The van der Waals surface area contributed by atoms with Crippen LogP contribution in [0.3, 0.4) is 0 Å². The third-order valence-electron chi connectivity index (χ3n) is 4.08. The van der Waals surface area contributed by atoms with E-state index in [1.165, 1.54) is 6.26 Å². The molecule has 0 saturated carbocycles. The van der Waals surface area contributed by atoms with Crippen LogP contribution in [0.2, 0.25) is 5.02 Å². The lowest BCUT2D eigenvalue weighted by Gasteiger charge is -2.18. The number of rotatable bonds is 9. The Kier molecular flexibility index (Phi) is 7.68. The number of hydrogen-bond donors (Lipinski definition) is 1. The van der Waals surface area contributed by atoms with E-state index in [1.54, 1.807) is 48.5 Å². The molecular formula is C20H24ClNO4S. The minimum absolute atomic E-state index is 0.0613. The normalized spacial score (nSPS) is 12.4. The van der Waals surface area contributed by atoms with Crippen molar-refractivity contribution in [1.82, 2.24) is 5.32 Å². The van der Waals surface area contributed by atoms with Crippen molar-refractivity contribution in [2.75, 3.05) is 12.9 Å². The van der Waals surface area contributed by atoms with Crippen LogP contribution in [-0.4, -0.2) is 27.2 Å². The molecule has 0 aromatic heterocycles. The standard InChI is InChI=1S/C20H24ClNO4S/c1-3-19(15-6-12-18(13-7-15)27(2,24)25)22-20(23)5-4-14-26-17-10-8-16(21)9-11-17/h6-13,19H,3-5,14H2,1-2H3,(H,22,23). The fraction of sp³-hybridized carbons (Fsp3) is 0.350. The molecule has 2 aromatic carbocycles. The molecule has 1 N–H and O–H groups in total. The van der Waals surface area contributed by atoms with Gasteiger partial charge in [-0.25, -0.2) is 8.42 Å². The Balaban J connectivity index is 1.81. The number of halogens is 1. The molecule has 5 nitrogen and oxygen atoms in total. The highest BCUT2D eigenvalue weighted by atomic mass is 35.5. The summed E-state index contributed by atoms with van der Waals surface area (Å²) in [6, 6.07) is 13.6. The van der Waals surface area contributed by atoms with E-state index in [0.717, 1.165) is 11.3 Å². The van der Waals surface area contributed by atoms with Gasteiger partial charge in [-0.1, -0.05) is 30.7 Å². The van der Waals surface area contributed by atoms with Crippen molar-refractivity contribution in [1.29, 1.82) is 0 Å². The van der Waals surface area contributed by atoms with E-state index < -0.39 is 9.84 Å². The van der Waals surface area contributed by atoms with E-state index >= 15 is 0 Å². The van der Waals surface area contributed by atoms with Gasteiger partial charge in [0, 0.05) is 17.7 Å². The summed E-state index contributed by atoms with van der Waals surface area (Å²) in [6.07, 6.45) is 2.84. The maximum atomic E-state index is 12.2. The fourth-order valence-electron chi connectivity index (χ4n) is 2.59. The average molecular weight is 410 g/mol. The van der Waals surface area contributed by atoms with Crippen LogP contribution in [0.25, 0.3) is 0 Å². The first-order valence-electron chi connectivity index (χ1n) is 8.77. The molecule has 146 valence electrons. The molecule has 0 fully saturated rings. The first-order valence-corrected chi connectivity index (χ1v) is 11.0. The SMILES string of the molecule is CCC(NC(=O)CCCOc1ccc(Cl)cc1)c1ccc(S(C)(=O)=O)cc1. The molecule has 0 spiro atoms. The molecule has 2 aromatic rings. The molecule has 2 rings (SSSR count). The van der Waals surface area contributed by atoms with E-state index in [1.807, 2.05) is 6.92 Å². The lowest BCUT2D eigenvalue weighted by atomic mass is 10.0. The molecule has 0 saturated heterocycles. The summed E-state index contributed by atoms with van der Waals surface area (Å²) in [5.74, 6) is 0.658. The zero-order valence-corrected chi connectivity index (χ0v) is 17.0. The van der Waals surface area contributed by atoms with Crippen LogP contribution < -0.4 is 10.1 Å². The monoisotopic (exact) mass is 409 g/mol. The fourth-order valence-corrected chi connectivity index (χ4v) is 3.34. The minimum atomic E-state index is -3.22. The quantitative estimate of drug-likeness (QED) is 0.631. The van der Waals surface area contributed by atoms with Gasteiger partial charge < -0.3 is 10.1 Å². The van der Waals surface area contributed by atoms with E-state index in [9.17, 15) is 13.2 Å². The predicted molar refractivity (Wildman–Crippen MR) is 107 cm³/mol. The van der Waals surface area contributed by atoms with Gasteiger partial charge in [-0.15, -0.1) is 0 Å². The summed E-state index contributed by atoms with van der Waals surface area (Å²) in [5, 5.41) is 3.64. The van der Waals surface area contributed by atoms with Gasteiger partial charge in [0.1, 0.15) is 5.75 Å². The Bertz CT molecular complexity index is 849. The summed E-state index contributed by atoms with van der Waals surface area (Å²) in [6.45, 7) is 2.41. The van der Waals surface area contributed by atoms with Crippen molar-refractivity contribution in [2.24, 2.45) is 0 Å². The molecule has 1 atom stereocenters. The molecule has 0 heterocycles. The van der Waals surface area contributed by atoms with Gasteiger partial charge in [-0.2, -0.15) is 0 Å². The Hall–Kier alpha value is -2.05. The molecule has 0 aliphatic rings. The van der Waals surface area contributed by atoms with E-state index in [2.05, 4.69) is 5.32 Å². The van der Waals surface area contributed by atoms with Crippen LogP contribution in [0.5, 0.6) is 5.75 Å². The van der Waals surface area contributed by atoms with Gasteiger partial charge in [0.15, 0.2) is 9.84 Å². The third-order valence-corrected chi connectivity index (χ3v) is 5.47. The van der Waals surface area contributed by atoms with Crippen LogP contribution in [-0.2, 0) is 14.6 Å². The maximum absolute atomic E-state index is 12.2. The van der Waals surface area contributed by atoms with Crippen molar-refractivity contribution in [3.63, 3.8) is 0 Å². The van der Waals surface area contributed by atoms with Gasteiger partial charge >= 0.3 is 0 Å². The lowest BCUT2D eigenvalue weighted by Crippen LogP contribution is -2.28. The van der Waals surface area contributed by atoms with E-state index in [4.69, 9.17) is 16.3 Å². The average Bonchev–Trinajstić information content (AvgIpc) is 2.64. The van der Waals surface area contributed by atoms with E-state index in [-0.39, 0.29) is 16.8 Å². The predicted octanol–water partition coefficient (Wildman–Crippen LogP) is 4.17. The maximum Gasteiger partial charge on any atom is 0.220 e. The molecule has 0 bridgehead atoms. The number of carbonyl (C=O) groups excluding carboxylic acids is 1. The van der Waals surface area contributed by atoms with Gasteiger partial charge in [0.25, 0.3) is 0 Å². The Morgan fingerprint density at radius 2 is 1.74 bits per heavy atom. The van der Waals surface area contributed by atoms with Crippen molar-refractivity contribution in [2.45, 2.75) is 37.1 Å². The topological polar surface area (TPSA) is 72.5 Å². The van der Waals surface area contributed by atoms with E-state index in [0.29, 0.717) is 30.9 Å². The first kappa shape index (κ1) is 21.3. The summed E-state index contributed by atoms with van der Waals surface area (Å²) in [4.78, 5) is 12.5. The van der Waals surface area contributed by atoms with Crippen LogP contribution in [0.15, 0.2) is 53.4 Å². The number of carbonyl (C=O) groups is 1. The zero-order valence-electron chi connectivity index (χ0n) is 15.4. The van der Waals surface area contributed by atoms with Crippen molar-refractivity contribution in [3.8, 4) is 5.75 Å². The summed E-state index contributed by atoms with van der Waals surface area (Å²) >= 11 is 5.82. The number of nitrogens with one attached hydrogen (secondary N) is 1. The highest BCUT2D eigenvalue weighted by Gasteiger charge is 2.14. The second-order valence-corrected chi connectivity index (χ2v) is 8.73. The van der Waals surface area contributed by atoms with Gasteiger partial charge in [-0.05, 0) is 54.8 Å². The smallest absolute Gasteiger partial charge is 0.220 e. The second kappa shape index (κ2) is 9.76. The number of benzene rings is 2. The van der Waals surface area contributed by atoms with Crippen molar-refractivity contribution in [3.05, 3.63) is 59.1 Å². The number of ether oxygens (including phenoxy) is 1. The molecule has 0 aliphatic heterocycles. The van der Waals surface area contributed by atoms with Crippen molar-refractivity contribution < 1.29 is 17.9 Å². The van der Waals surface area contributed by atoms with Gasteiger partial charge in [-0.3, -0.25) is 4.79 Å². The Morgan fingerprint density at radius 1 is 1.11 bits per heavy atom. The molecule has 1 amide bonds. The lowest BCUT2D eigenvalue weighted by molar-refractivity contribution is -0.122. The van der Waals surface area contributed by atoms with Gasteiger partial charge in [0.2, 0.25) is 5.91 Å². The Morgan fingerprint density at radius 3 is 2.30 bits per heavy atom. The molecule has 27 heavy (non-hydrogen) atoms. The molecule has 1 unspecified atom stereocenters. The largest absolute Gasteiger partial charge is 0.494 e. The van der Waals surface area contributed by atoms with Crippen LogP contribution in [0, 0.1) is 0 Å². The first-order chi connectivity index (χ1) is 12.8. The minimum Gasteiger partial charge on any atom is -0.494 e. The number of hydrogen-bond acceptors (Lipinski definition) is 4. The molecular weight excluding hydrogens is 386 g/mol. The van der Waals surface area contributed by atoms with Crippen LogP contribution >= 0.6 is 11.6 Å². The Labute approximate surface area is 165 Å². The summed E-state index contributed by atoms with van der Waals surface area (Å²) in [5.41, 5.74) is 0.885. The number of sulfone groups is 1. The molecule has 0 aliphatic carbocycles. The highest BCUT2D eigenvalue weighted by Crippen LogP contribution is 2.20. The zero-order chi connectivity index (χ0) is 19.9. The molecule has 7 heteroatoms. The van der Waals surface area contributed by atoms with Crippen LogP contribution in [0.1, 0.15) is 37.8 Å². The molecule has 0 radical (unpaired) electrons. The third kappa shape index (κ3) is 6.88. The second-order valence-electron chi connectivity index (χ2n) is 6.28. The summed E-state index contributed by atoms with van der Waals surface area (Å²) < 4.78 is 28.7. The summed E-state index contributed by atoms with van der Waals surface area (Å²) in [7, 11) is -3.22. The van der Waals surface area contributed by atoms with Gasteiger partial charge in [0.05, 0.1) is 17.5 Å². The van der Waals surface area contributed by atoms with Crippen molar-refractivity contribution >= 4 is 27.3 Å². The van der Waals surface area contributed by atoms with Crippen LogP contribution in [0.4, 0.5) is 0 Å².